The largest absolute Gasteiger partial charge is 0.462 e. The number of thiophene rings is 1. The van der Waals surface area contributed by atoms with Crippen LogP contribution in [0.2, 0.25) is 0 Å². The van der Waals surface area contributed by atoms with E-state index in [-0.39, 0.29) is 5.97 Å². The van der Waals surface area contributed by atoms with Gasteiger partial charge in [-0.15, -0.1) is 11.3 Å². The molecule has 24 heavy (non-hydrogen) atoms. The maximum atomic E-state index is 11.6. The van der Waals surface area contributed by atoms with Crippen molar-refractivity contribution in [3.63, 3.8) is 0 Å². The van der Waals surface area contributed by atoms with Crippen molar-refractivity contribution >= 4 is 23.3 Å². The molecular formula is C18H23N3O2S. The Morgan fingerprint density at radius 3 is 2.46 bits per heavy atom. The van der Waals surface area contributed by atoms with E-state index in [4.69, 9.17) is 4.74 Å². The first-order valence-corrected chi connectivity index (χ1v) is 8.75. The van der Waals surface area contributed by atoms with Crippen molar-refractivity contribution in [1.82, 2.24) is 10.6 Å². The van der Waals surface area contributed by atoms with Gasteiger partial charge in [0.25, 0.3) is 0 Å². The summed E-state index contributed by atoms with van der Waals surface area (Å²) in [7, 11) is 1.75. The van der Waals surface area contributed by atoms with Crippen molar-refractivity contribution in [2.24, 2.45) is 4.99 Å². The van der Waals surface area contributed by atoms with Gasteiger partial charge >= 0.3 is 5.97 Å². The molecule has 0 saturated heterocycles. The van der Waals surface area contributed by atoms with E-state index in [9.17, 15) is 4.79 Å². The second-order valence-electron chi connectivity index (χ2n) is 5.22. The van der Waals surface area contributed by atoms with Crippen LogP contribution in [-0.2, 0) is 17.8 Å². The van der Waals surface area contributed by atoms with Crippen LogP contribution >= 0.6 is 11.3 Å². The molecular weight excluding hydrogens is 322 g/mol. The highest BCUT2D eigenvalue weighted by atomic mass is 32.1. The van der Waals surface area contributed by atoms with Crippen LogP contribution in [-0.4, -0.2) is 25.6 Å². The van der Waals surface area contributed by atoms with E-state index in [2.05, 4.69) is 34.0 Å². The zero-order chi connectivity index (χ0) is 17.4. The lowest BCUT2D eigenvalue weighted by atomic mass is 10.1. The number of ether oxygens (including phenoxy) is 1. The number of esters is 1. The highest BCUT2D eigenvalue weighted by molar-refractivity contribution is 7.10. The van der Waals surface area contributed by atoms with Crippen LogP contribution < -0.4 is 10.6 Å². The number of carbonyl (C=O) groups excluding carboxylic acids is 1. The fourth-order valence-electron chi connectivity index (χ4n) is 2.13. The second-order valence-corrected chi connectivity index (χ2v) is 6.22. The lowest BCUT2D eigenvalue weighted by molar-refractivity contribution is 0.0526. The van der Waals surface area contributed by atoms with Gasteiger partial charge in [-0.1, -0.05) is 12.1 Å². The molecule has 2 N–H and O–H groups in total. The molecule has 5 nitrogen and oxygen atoms in total. The number of guanidine groups is 1. The van der Waals surface area contributed by atoms with E-state index in [1.54, 1.807) is 37.4 Å². The van der Waals surface area contributed by atoms with Crippen molar-refractivity contribution in [3.05, 3.63) is 57.3 Å². The molecule has 1 aromatic heterocycles. The molecule has 2 rings (SSSR count). The Morgan fingerprint density at radius 2 is 1.88 bits per heavy atom. The van der Waals surface area contributed by atoms with E-state index < -0.39 is 0 Å². The minimum atomic E-state index is -0.291. The SMILES string of the molecule is CCOC(=O)c1ccc(CNC(=NC)NCc2sccc2C)cc1. The zero-order valence-electron chi connectivity index (χ0n) is 14.3. The van der Waals surface area contributed by atoms with Gasteiger partial charge in [-0.05, 0) is 48.6 Å². The first kappa shape index (κ1) is 18.0. The van der Waals surface area contributed by atoms with Crippen LogP contribution in [0.5, 0.6) is 0 Å². The van der Waals surface area contributed by atoms with E-state index in [1.807, 2.05) is 12.1 Å². The molecule has 0 aliphatic heterocycles. The minimum absolute atomic E-state index is 0.291. The molecule has 1 aromatic carbocycles. The van der Waals surface area contributed by atoms with Gasteiger partial charge in [0.05, 0.1) is 18.7 Å². The number of aliphatic imine (C=N–C) groups is 1. The third kappa shape index (κ3) is 5.09. The van der Waals surface area contributed by atoms with Crippen molar-refractivity contribution in [2.75, 3.05) is 13.7 Å². The Hall–Kier alpha value is -2.34. The summed E-state index contributed by atoms with van der Waals surface area (Å²) in [6, 6.07) is 9.50. The highest BCUT2D eigenvalue weighted by Crippen LogP contribution is 2.14. The van der Waals surface area contributed by atoms with Gasteiger partial charge in [0, 0.05) is 18.5 Å². The van der Waals surface area contributed by atoms with Gasteiger partial charge in [0.15, 0.2) is 5.96 Å². The number of aryl methyl sites for hydroxylation is 1. The van der Waals surface area contributed by atoms with Crippen molar-refractivity contribution in [2.45, 2.75) is 26.9 Å². The monoisotopic (exact) mass is 345 g/mol. The maximum Gasteiger partial charge on any atom is 0.338 e. The third-order valence-electron chi connectivity index (χ3n) is 3.53. The van der Waals surface area contributed by atoms with Gasteiger partial charge in [-0.3, -0.25) is 4.99 Å². The summed E-state index contributed by atoms with van der Waals surface area (Å²) >= 11 is 1.74. The van der Waals surface area contributed by atoms with Gasteiger partial charge in [0.1, 0.15) is 0 Å². The summed E-state index contributed by atoms with van der Waals surface area (Å²) in [5.74, 6) is 0.457. The fourth-order valence-corrected chi connectivity index (χ4v) is 2.97. The molecule has 0 bridgehead atoms. The summed E-state index contributed by atoms with van der Waals surface area (Å²) in [5, 5.41) is 8.66. The molecule has 0 radical (unpaired) electrons. The molecule has 2 aromatic rings. The van der Waals surface area contributed by atoms with Crippen molar-refractivity contribution in [1.29, 1.82) is 0 Å². The van der Waals surface area contributed by atoms with Crippen LogP contribution in [0.4, 0.5) is 0 Å². The average Bonchev–Trinajstić information content (AvgIpc) is 3.01. The lowest BCUT2D eigenvalue weighted by Gasteiger charge is -2.12. The lowest BCUT2D eigenvalue weighted by Crippen LogP contribution is -2.36. The molecule has 0 unspecified atom stereocenters. The van der Waals surface area contributed by atoms with E-state index in [1.165, 1.54) is 10.4 Å². The predicted octanol–water partition coefficient (Wildman–Crippen LogP) is 3.10. The Labute approximate surface area is 146 Å². The molecule has 1 heterocycles. The quantitative estimate of drug-likeness (QED) is 0.480. The molecule has 0 atom stereocenters. The smallest absolute Gasteiger partial charge is 0.338 e. The van der Waals surface area contributed by atoms with E-state index in [0.29, 0.717) is 18.7 Å². The van der Waals surface area contributed by atoms with Crippen LogP contribution in [0.25, 0.3) is 0 Å². The first-order valence-electron chi connectivity index (χ1n) is 7.87. The summed E-state index contributed by atoms with van der Waals surface area (Å²) in [6.07, 6.45) is 0. The molecule has 0 saturated carbocycles. The van der Waals surface area contributed by atoms with Crippen LogP contribution in [0.15, 0.2) is 40.7 Å². The average molecular weight is 345 g/mol. The van der Waals surface area contributed by atoms with Gasteiger partial charge < -0.3 is 15.4 Å². The van der Waals surface area contributed by atoms with Crippen LogP contribution in [0.1, 0.15) is 33.3 Å². The van der Waals surface area contributed by atoms with Crippen molar-refractivity contribution < 1.29 is 9.53 Å². The minimum Gasteiger partial charge on any atom is -0.462 e. The topological polar surface area (TPSA) is 62.7 Å². The zero-order valence-corrected chi connectivity index (χ0v) is 15.1. The number of benzene rings is 1. The number of nitrogens with one attached hydrogen (secondary N) is 2. The molecule has 128 valence electrons. The maximum absolute atomic E-state index is 11.6. The Balaban J connectivity index is 1.84. The molecule has 0 spiro atoms. The standard InChI is InChI=1S/C18H23N3O2S/c1-4-23-17(22)15-7-5-14(6-8-15)11-20-18(19-3)21-12-16-13(2)9-10-24-16/h5-10H,4,11-12H2,1-3H3,(H2,19,20,21). The summed E-state index contributed by atoms with van der Waals surface area (Å²) in [5.41, 5.74) is 2.92. The number of hydrogen-bond acceptors (Lipinski definition) is 4. The molecule has 0 amide bonds. The van der Waals surface area contributed by atoms with Gasteiger partial charge in [-0.2, -0.15) is 0 Å². The molecule has 6 heteroatoms. The molecule has 0 aliphatic rings. The summed E-state index contributed by atoms with van der Waals surface area (Å²) in [6.45, 7) is 5.67. The number of carbonyl (C=O) groups is 1. The Kier molecular flexibility index (Phi) is 6.81. The summed E-state index contributed by atoms with van der Waals surface area (Å²) in [4.78, 5) is 17.2. The van der Waals surface area contributed by atoms with Crippen molar-refractivity contribution in [3.8, 4) is 0 Å². The normalized spacial score (nSPS) is 11.2. The van der Waals surface area contributed by atoms with E-state index in [0.717, 1.165) is 18.1 Å². The molecule has 0 aliphatic carbocycles. The van der Waals surface area contributed by atoms with Crippen LogP contribution in [0, 0.1) is 6.92 Å². The Bertz CT molecular complexity index is 693. The van der Waals surface area contributed by atoms with Crippen LogP contribution in [0.3, 0.4) is 0 Å². The third-order valence-corrected chi connectivity index (χ3v) is 4.56. The first-order chi connectivity index (χ1) is 11.6. The molecule has 0 fully saturated rings. The highest BCUT2D eigenvalue weighted by Gasteiger charge is 2.06. The van der Waals surface area contributed by atoms with Gasteiger partial charge in [0.2, 0.25) is 0 Å². The predicted molar refractivity (Wildman–Crippen MR) is 98.5 cm³/mol. The second kappa shape index (κ2) is 9.08. The number of nitrogens with zero attached hydrogens (tertiary/aromatic N) is 1. The van der Waals surface area contributed by atoms with E-state index >= 15 is 0 Å². The number of hydrogen-bond donors (Lipinski definition) is 2. The fraction of sp³-hybridized carbons (Fsp3) is 0.333. The number of rotatable bonds is 6. The summed E-state index contributed by atoms with van der Waals surface area (Å²) < 4.78 is 4.98. The Morgan fingerprint density at radius 1 is 1.17 bits per heavy atom. The van der Waals surface area contributed by atoms with Gasteiger partial charge in [-0.25, -0.2) is 4.79 Å².